The Morgan fingerprint density at radius 1 is 0.333 bits per heavy atom. The zero-order valence-electron chi connectivity index (χ0n) is 74.0. The number of likely N-dealkylation sites (N-methyl/N-ethyl adjacent to an activating group) is 4. The van der Waals surface area contributed by atoms with Crippen LogP contribution in [0.5, 0.6) is 29.3 Å². The van der Waals surface area contributed by atoms with Gasteiger partial charge < -0.3 is 102 Å². The highest BCUT2D eigenvalue weighted by Crippen LogP contribution is 2.42. The third-order valence-electron chi connectivity index (χ3n) is 21.2. The van der Waals surface area contributed by atoms with E-state index in [4.69, 9.17) is 108 Å². The van der Waals surface area contributed by atoms with E-state index in [1.807, 2.05) is 30.3 Å². The summed E-state index contributed by atoms with van der Waals surface area (Å²) in [5.41, 5.74) is 27.5. The van der Waals surface area contributed by atoms with E-state index in [0.29, 0.717) is 89.5 Å². The van der Waals surface area contributed by atoms with Crippen molar-refractivity contribution in [3.63, 3.8) is 0 Å². The van der Waals surface area contributed by atoms with Gasteiger partial charge in [0.15, 0.2) is 0 Å². The number of amides is 4. The number of nitrogens with two attached hydrogens (primary N) is 4. The molecular formula is C92H99Cl4N23O12S4. The van der Waals surface area contributed by atoms with Crippen LogP contribution in [0.1, 0.15) is 80.8 Å². The number of rotatable bonds is 31. The van der Waals surface area contributed by atoms with Crippen LogP contribution in [0.4, 0.5) is 23.8 Å². The Kier molecular flexibility index (Phi) is 36.6. The number of halogens is 4. The van der Waals surface area contributed by atoms with Crippen LogP contribution in [-0.2, 0) is 46.2 Å². The van der Waals surface area contributed by atoms with Crippen molar-refractivity contribution in [2.45, 2.75) is 85.4 Å². The van der Waals surface area contributed by atoms with Gasteiger partial charge in [0.25, 0.3) is 0 Å². The minimum atomic E-state index is -0.581. The number of pyridine rings is 3. The van der Waals surface area contributed by atoms with Gasteiger partial charge in [-0.15, -0.1) is 0 Å². The predicted molar refractivity (Wildman–Crippen MR) is 519 cm³/mol. The van der Waals surface area contributed by atoms with Crippen LogP contribution in [0, 0.1) is 0 Å². The molecule has 4 fully saturated rings. The summed E-state index contributed by atoms with van der Waals surface area (Å²) < 4.78 is 24.4. The fourth-order valence-corrected chi connectivity index (χ4v) is 18.4. The smallest absolute Gasteiger partial charge is 0.250 e. The zero-order chi connectivity index (χ0) is 95.6. The average Bonchev–Trinajstić information content (AvgIpc) is 0.822. The topological polar surface area (TPSA) is 458 Å². The van der Waals surface area contributed by atoms with Gasteiger partial charge in [-0.1, -0.05) is 112 Å². The fourth-order valence-electron chi connectivity index (χ4n) is 13.6. The zero-order valence-corrected chi connectivity index (χ0v) is 80.3. The van der Waals surface area contributed by atoms with Gasteiger partial charge in [-0.05, 0) is 160 Å². The lowest BCUT2D eigenvalue weighted by Crippen LogP contribution is -2.45. The summed E-state index contributed by atoms with van der Waals surface area (Å²) in [4.78, 5) is 119. The Hall–Kier alpha value is -11.8. The minimum Gasteiger partial charge on any atom is -0.508 e. The molecule has 4 saturated heterocycles. The first-order valence-electron chi connectivity index (χ1n) is 42.4. The Morgan fingerprint density at radius 3 is 0.978 bits per heavy atom. The number of piperazine rings is 4. The van der Waals surface area contributed by atoms with Crippen molar-refractivity contribution in [1.82, 2.24) is 74.4 Å². The molecule has 12 aromatic rings. The molecule has 11 heterocycles. The van der Waals surface area contributed by atoms with Crippen molar-refractivity contribution in [3.05, 3.63) is 259 Å². The van der Waals surface area contributed by atoms with Crippen LogP contribution in [0.25, 0.3) is 0 Å². The highest BCUT2D eigenvalue weighted by atomic mass is 35.5. The van der Waals surface area contributed by atoms with Gasteiger partial charge in [0, 0.05) is 148 Å². The van der Waals surface area contributed by atoms with E-state index in [0.717, 1.165) is 141 Å². The number of hydrogen-bond donors (Lipinski definition) is 8. The second-order valence-electron chi connectivity index (χ2n) is 31.2. The quantitative estimate of drug-likeness (QED) is 0.0200. The Morgan fingerprint density at radius 2 is 0.652 bits per heavy atom. The number of carbonyl (C=O) groups excluding carboxylic acids is 4. The second-order valence-corrected chi connectivity index (χ2v) is 37.3. The fraction of sp³-hybridized carbons (Fsp3) is 0.293. The van der Waals surface area contributed by atoms with E-state index < -0.39 is 23.6 Å². The summed E-state index contributed by atoms with van der Waals surface area (Å²) in [6.07, 6.45) is 11.9. The first kappa shape index (κ1) is 101. The normalized spacial score (nSPS) is 14.3. The molecule has 0 aliphatic carbocycles. The first-order valence-corrected chi connectivity index (χ1v) is 47.2. The molecule has 0 radical (unpaired) electrons. The molecule has 4 aliphatic heterocycles. The van der Waals surface area contributed by atoms with Crippen molar-refractivity contribution < 1.29 is 58.6 Å². The van der Waals surface area contributed by atoms with Crippen molar-refractivity contribution in [3.8, 4) is 29.3 Å². The molecule has 4 amide bonds. The molecule has 0 saturated carbocycles. The maximum absolute atomic E-state index is 11.5. The number of primary amides is 4. The SMILES string of the molecule is CN1CCN(c2ncc(Sc3ccc(C(N)=O)c(Cl)c3)c(OCc3cccc(CO)n3)n2)CC1.CN1CCN(c2ncc(Sc3ccc(C(N)=O)c(Cl)c3)c(OCc3cccc(O)c3)n2)CC1.CN1CCN(c2ncc(Sc3ccc(C(N)=O)c(Cl)c3)c(OCc3ccnc(CO)c3)n2)CC1.CN1CCN(c2ncc(Sc3ccc(C(N)=O)c(Cl)c3)c(OCc3cncc(CO)c3)n2)CC1. The van der Waals surface area contributed by atoms with Crippen molar-refractivity contribution in [2.75, 3.05) is 153 Å². The van der Waals surface area contributed by atoms with Crippen molar-refractivity contribution in [2.24, 2.45) is 22.9 Å². The summed E-state index contributed by atoms with van der Waals surface area (Å²) >= 11 is 30.4. The summed E-state index contributed by atoms with van der Waals surface area (Å²) in [6, 6.07) is 37.9. The van der Waals surface area contributed by atoms with Crippen molar-refractivity contribution in [1.29, 1.82) is 0 Å². The standard InChI is InChI=1S/3C23H25ClN6O3S.C23H24ClN5O3S/c1-29-4-6-30(7-5-29)23-27-12-20(34-17-2-3-18(21(25)32)19(24)9-17)22(28-23)33-14-16-8-15(13-31)10-26-11-16;1-29-6-8-30(9-7-29)23-27-12-20(34-17-2-3-18(21(25)32)19(24)11-17)22(28-23)33-14-15-4-5-26-16(10-15)13-31;1-29-7-9-30(10-8-29)23-26-12-20(34-17-5-6-18(21(25)32)19(24)11-17)22(28-23)33-14-16-4-2-3-15(13-31)27-16;1-28-7-9-29(10-8-28)23-26-13-20(33-17-5-6-18(21(25)31)19(24)12-17)22(27-23)32-14-15-3-2-4-16(30)11-15/h2-3,8-12,31H,4-7,13-14H2,1H3,(H2,25,32);2-5,10-12,31H,6-9,13-14H2,1H3,(H2,25,32);2-6,11-12,31H,7-10,13-14H2,1H3,(H2,25,32);2-6,11-13,30H,7-10,14H2,1H3,(H2,25,31). The van der Waals surface area contributed by atoms with Gasteiger partial charge in [-0.3, -0.25) is 34.1 Å². The molecule has 35 nitrogen and oxygen atoms in total. The lowest BCUT2D eigenvalue weighted by Gasteiger charge is -2.32. The van der Waals surface area contributed by atoms with Gasteiger partial charge in [-0.25, -0.2) is 19.9 Å². The number of anilines is 4. The molecule has 5 aromatic carbocycles. The Balaban J connectivity index is 0.000000152. The highest BCUT2D eigenvalue weighted by Gasteiger charge is 2.27. The average molecular weight is 1990 g/mol. The molecule has 0 bridgehead atoms. The summed E-state index contributed by atoms with van der Waals surface area (Å²) in [6.45, 7) is 14.6. The van der Waals surface area contributed by atoms with Gasteiger partial charge in [-0.2, -0.15) is 19.9 Å². The van der Waals surface area contributed by atoms with E-state index in [1.165, 1.54) is 47.0 Å². The summed E-state index contributed by atoms with van der Waals surface area (Å²) in [5, 5.41) is 38.9. The number of nitrogens with zero attached hydrogens (tertiary/aromatic N) is 19. The molecule has 16 rings (SSSR count). The van der Waals surface area contributed by atoms with Crippen LogP contribution in [0.15, 0.2) is 216 Å². The molecule has 0 atom stereocenters. The van der Waals surface area contributed by atoms with E-state index >= 15 is 0 Å². The maximum atomic E-state index is 11.5. The largest absolute Gasteiger partial charge is 0.508 e. The number of phenols is 1. The summed E-state index contributed by atoms with van der Waals surface area (Å²) in [7, 11) is 8.37. The predicted octanol–water partition coefficient (Wildman–Crippen LogP) is 11.2. The lowest BCUT2D eigenvalue weighted by atomic mass is 10.2. The number of aliphatic hydroxyl groups excluding tert-OH is 3. The number of carbonyl (C=O) groups is 4. The van der Waals surface area contributed by atoms with Gasteiger partial charge >= 0.3 is 0 Å². The van der Waals surface area contributed by atoms with E-state index in [9.17, 15) is 39.6 Å². The molecule has 43 heteroatoms. The molecule has 0 spiro atoms. The molecule has 4 aliphatic rings. The summed E-state index contributed by atoms with van der Waals surface area (Å²) in [5.74, 6) is 2.01. The molecule has 135 heavy (non-hydrogen) atoms. The highest BCUT2D eigenvalue weighted by molar-refractivity contribution is 8.00. The number of aliphatic hydroxyl groups is 3. The maximum Gasteiger partial charge on any atom is 0.250 e. The number of ether oxygens (including phenoxy) is 4. The van der Waals surface area contributed by atoms with Gasteiger partial charge in [0.1, 0.15) is 32.2 Å². The Bertz CT molecular complexity index is 5700. The molecule has 0 unspecified atom stereocenters. The van der Waals surface area contributed by atoms with E-state index in [2.05, 4.69) is 102 Å². The second kappa shape index (κ2) is 49.1. The number of aromatic hydroxyl groups is 1. The van der Waals surface area contributed by atoms with Crippen LogP contribution >= 0.6 is 93.5 Å². The monoisotopic (exact) mass is 1990 g/mol. The van der Waals surface area contributed by atoms with Gasteiger partial charge in [0.2, 0.25) is 70.9 Å². The van der Waals surface area contributed by atoms with Crippen LogP contribution in [-0.4, -0.2) is 251 Å². The molecule has 7 aromatic heterocycles. The number of phenolic OH excluding ortho intramolecular Hbond substituents is 1. The lowest BCUT2D eigenvalue weighted by molar-refractivity contribution is 0.0992. The van der Waals surface area contributed by atoms with E-state index in [-0.39, 0.29) is 94.3 Å². The van der Waals surface area contributed by atoms with Crippen LogP contribution < -0.4 is 61.5 Å². The van der Waals surface area contributed by atoms with Crippen LogP contribution in [0.3, 0.4) is 0 Å². The van der Waals surface area contributed by atoms with Gasteiger partial charge in [0.05, 0.1) is 124 Å². The van der Waals surface area contributed by atoms with Crippen LogP contribution in [0.2, 0.25) is 20.1 Å². The molecule has 706 valence electrons. The minimum absolute atomic E-state index is 0.0922. The molecule has 12 N–H and O–H groups in total. The number of aromatic nitrogens is 11. The third-order valence-corrected chi connectivity index (χ3v) is 26.4. The molecular weight excluding hydrogens is 1890 g/mol. The number of hydrogen-bond acceptors (Lipinski definition) is 35. The van der Waals surface area contributed by atoms with Crippen molar-refractivity contribution >= 4 is 141 Å². The van der Waals surface area contributed by atoms with E-state index in [1.54, 1.807) is 147 Å². The number of benzene rings is 5. The Labute approximate surface area is 816 Å². The first-order chi connectivity index (χ1) is 65.2. The third kappa shape index (κ3) is 29.1.